The Morgan fingerprint density at radius 3 is 2.76 bits per heavy atom. The van der Waals surface area contributed by atoms with Crippen LogP contribution in [-0.4, -0.2) is 27.1 Å². The summed E-state index contributed by atoms with van der Waals surface area (Å²) in [5.74, 6) is -0.349. The maximum Gasteiger partial charge on any atom is 0.326 e. The number of aromatic nitrogens is 2. The zero-order chi connectivity index (χ0) is 13.0. The molecule has 1 atom stereocenters. The molecule has 4 N–H and O–H groups in total. The lowest BCUT2D eigenvalue weighted by Gasteiger charge is -2.17. The molecule has 0 radical (unpaired) electrons. The SMILES string of the molecule is CC(C)C[C@H](Nc1ncnc(N)c1Cl)C(=O)O. The van der Waals surface area contributed by atoms with Gasteiger partial charge in [-0.05, 0) is 12.3 Å². The van der Waals surface area contributed by atoms with Crippen molar-refractivity contribution in [2.45, 2.75) is 26.3 Å². The van der Waals surface area contributed by atoms with Crippen LogP contribution in [0.3, 0.4) is 0 Å². The number of nitrogens with one attached hydrogen (secondary N) is 1. The van der Waals surface area contributed by atoms with Crippen molar-refractivity contribution in [3.8, 4) is 0 Å². The third kappa shape index (κ3) is 3.74. The number of halogens is 1. The van der Waals surface area contributed by atoms with Gasteiger partial charge in [0.1, 0.15) is 23.2 Å². The normalized spacial score (nSPS) is 12.5. The van der Waals surface area contributed by atoms with Crippen LogP contribution in [0.1, 0.15) is 20.3 Å². The first-order valence-electron chi connectivity index (χ1n) is 5.17. The van der Waals surface area contributed by atoms with Gasteiger partial charge in [-0.25, -0.2) is 14.8 Å². The first-order chi connectivity index (χ1) is 7.91. The molecule has 0 unspecified atom stereocenters. The maximum atomic E-state index is 11.1. The fourth-order valence-electron chi connectivity index (χ4n) is 1.34. The smallest absolute Gasteiger partial charge is 0.326 e. The first kappa shape index (κ1) is 13.5. The van der Waals surface area contributed by atoms with Gasteiger partial charge in [0.15, 0.2) is 5.82 Å². The van der Waals surface area contributed by atoms with Crippen molar-refractivity contribution in [1.82, 2.24) is 9.97 Å². The van der Waals surface area contributed by atoms with Crippen LogP contribution in [0.4, 0.5) is 11.6 Å². The third-order valence-electron chi connectivity index (χ3n) is 2.13. The van der Waals surface area contributed by atoms with Gasteiger partial charge >= 0.3 is 5.97 Å². The molecule has 1 aromatic rings. The number of carboxylic acid groups (broad SMARTS) is 1. The predicted octanol–water partition coefficient (Wildman–Crippen LogP) is 1.62. The van der Waals surface area contributed by atoms with Gasteiger partial charge in [-0.1, -0.05) is 25.4 Å². The lowest BCUT2D eigenvalue weighted by molar-refractivity contribution is -0.138. The Balaban J connectivity index is 2.86. The first-order valence-corrected chi connectivity index (χ1v) is 5.55. The largest absolute Gasteiger partial charge is 0.480 e. The van der Waals surface area contributed by atoms with Crippen molar-refractivity contribution < 1.29 is 9.90 Å². The van der Waals surface area contributed by atoms with Crippen molar-refractivity contribution in [1.29, 1.82) is 0 Å². The van der Waals surface area contributed by atoms with Gasteiger partial charge in [0.2, 0.25) is 0 Å². The van der Waals surface area contributed by atoms with E-state index in [1.165, 1.54) is 6.33 Å². The summed E-state index contributed by atoms with van der Waals surface area (Å²) in [5, 5.41) is 12.0. The number of rotatable bonds is 5. The third-order valence-corrected chi connectivity index (χ3v) is 2.51. The lowest BCUT2D eigenvalue weighted by Crippen LogP contribution is -2.31. The van der Waals surface area contributed by atoms with Crippen LogP contribution in [0.25, 0.3) is 0 Å². The monoisotopic (exact) mass is 258 g/mol. The van der Waals surface area contributed by atoms with E-state index < -0.39 is 12.0 Å². The van der Waals surface area contributed by atoms with Crippen molar-refractivity contribution in [3.05, 3.63) is 11.3 Å². The summed E-state index contributed by atoms with van der Waals surface area (Å²) in [5.41, 5.74) is 5.50. The fourth-order valence-corrected chi connectivity index (χ4v) is 1.49. The highest BCUT2D eigenvalue weighted by Gasteiger charge is 2.20. The van der Waals surface area contributed by atoms with E-state index in [2.05, 4.69) is 15.3 Å². The quantitative estimate of drug-likeness (QED) is 0.742. The predicted molar refractivity (Wildman–Crippen MR) is 66.0 cm³/mol. The molecule has 6 nitrogen and oxygen atoms in total. The van der Waals surface area contributed by atoms with Gasteiger partial charge in [0.25, 0.3) is 0 Å². The zero-order valence-corrected chi connectivity index (χ0v) is 10.4. The summed E-state index contributed by atoms with van der Waals surface area (Å²) >= 11 is 5.87. The molecule has 1 rings (SSSR count). The number of nitrogens with two attached hydrogens (primary N) is 1. The van der Waals surface area contributed by atoms with Gasteiger partial charge < -0.3 is 16.2 Å². The van der Waals surface area contributed by atoms with Crippen molar-refractivity contribution in [2.24, 2.45) is 5.92 Å². The number of carbonyl (C=O) groups is 1. The van der Waals surface area contributed by atoms with E-state index >= 15 is 0 Å². The molecular weight excluding hydrogens is 244 g/mol. The number of carboxylic acids is 1. The number of anilines is 2. The Morgan fingerprint density at radius 1 is 1.59 bits per heavy atom. The van der Waals surface area contributed by atoms with E-state index in [1.54, 1.807) is 0 Å². The summed E-state index contributed by atoms with van der Waals surface area (Å²) in [7, 11) is 0. The summed E-state index contributed by atoms with van der Waals surface area (Å²) in [6, 6.07) is -0.748. The number of aliphatic carboxylic acids is 1. The Morgan fingerprint density at radius 2 is 2.24 bits per heavy atom. The second-order valence-corrected chi connectivity index (χ2v) is 4.46. The average molecular weight is 259 g/mol. The number of nitrogens with zero attached hydrogens (tertiary/aromatic N) is 2. The molecule has 94 valence electrons. The van der Waals surface area contributed by atoms with Crippen LogP contribution >= 0.6 is 11.6 Å². The lowest BCUT2D eigenvalue weighted by atomic mass is 10.0. The molecule has 0 fully saturated rings. The highest BCUT2D eigenvalue weighted by Crippen LogP contribution is 2.24. The highest BCUT2D eigenvalue weighted by atomic mass is 35.5. The van der Waals surface area contributed by atoms with E-state index in [9.17, 15) is 4.79 Å². The Bertz CT molecular complexity index is 411. The van der Waals surface area contributed by atoms with Gasteiger partial charge in [-0.2, -0.15) is 0 Å². The molecule has 1 heterocycles. The van der Waals surface area contributed by atoms with Gasteiger partial charge in [0, 0.05) is 0 Å². The molecule has 0 amide bonds. The molecular formula is C10H15ClN4O2. The van der Waals surface area contributed by atoms with Gasteiger partial charge in [-0.15, -0.1) is 0 Å². The molecule has 1 aromatic heterocycles. The summed E-state index contributed by atoms with van der Waals surface area (Å²) in [6.07, 6.45) is 1.70. The molecule has 0 spiro atoms. The van der Waals surface area contributed by atoms with E-state index in [0.717, 1.165) is 0 Å². The molecule has 0 aliphatic heterocycles. The van der Waals surface area contributed by atoms with Crippen LogP contribution < -0.4 is 11.1 Å². The fraction of sp³-hybridized carbons (Fsp3) is 0.500. The van der Waals surface area contributed by atoms with Gasteiger partial charge in [-0.3, -0.25) is 0 Å². The molecule has 0 aliphatic carbocycles. The number of hydrogen-bond donors (Lipinski definition) is 3. The minimum Gasteiger partial charge on any atom is -0.480 e. The molecule has 0 aliphatic rings. The molecule has 7 heteroatoms. The van der Waals surface area contributed by atoms with E-state index in [4.69, 9.17) is 22.4 Å². The summed E-state index contributed by atoms with van der Waals surface area (Å²) in [4.78, 5) is 18.6. The zero-order valence-electron chi connectivity index (χ0n) is 9.64. The van der Waals surface area contributed by atoms with Crippen molar-refractivity contribution in [2.75, 3.05) is 11.1 Å². The minimum atomic E-state index is -0.952. The number of nitrogen functional groups attached to an aromatic ring is 1. The Kier molecular flexibility index (Phi) is 4.51. The standard InChI is InChI=1S/C10H15ClN4O2/c1-5(2)3-6(10(16)17)15-9-7(11)8(12)13-4-14-9/h4-6H,3H2,1-2H3,(H,16,17)(H3,12,13,14,15)/t6-/m0/s1. The molecule has 0 aromatic carbocycles. The molecule has 0 saturated carbocycles. The van der Waals surface area contributed by atoms with Crippen LogP contribution in [0.15, 0.2) is 6.33 Å². The van der Waals surface area contributed by atoms with Crippen molar-refractivity contribution >= 4 is 29.2 Å². The van der Waals surface area contributed by atoms with Gasteiger partial charge in [0.05, 0.1) is 0 Å². The molecule has 17 heavy (non-hydrogen) atoms. The Labute approximate surface area is 104 Å². The van der Waals surface area contributed by atoms with Crippen LogP contribution in [-0.2, 0) is 4.79 Å². The van der Waals surface area contributed by atoms with Crippen LogP contribution in [0.2, 0.25) is 5.02 Å². The highest BCUT2D eigenvalue weighted by molar-refractivity contribution is 6.35. The van der Waals surface area contributed by atoms with E-state index in [-0.39, 0.29) is 22.6 Å². The maximum absolute atomic E-state index is 11.1. The minimum absolute atomic E-state index is 0.123. The topological polar surface area (TPSA) is 101 Å². The second kappa shape index (κ2) is 5.67. The molecule has 0 saturated heterocycles. The van der Waals surface area contributed by atoms with Crippen LogP contribution in [0, 0.1) is 5.92 Å². The van der Waals surface area contributed by atoms with Crippen LogP contribution in [0.5, 0.6) is 0 Å². The second-order valence-electron chi connectivity index (χ2n) is 4.09. The van der Waals surface area contributed by atoms with E-state index in [1.807, 2.05) is 13.8 Å². The van der Waals surface area contributed by atoms with E-state index in [0.29, 0.717) is 6.42 Å². The summed E-state index contributed by atoms with van der Waals surface area (Å²) < 4.78 is 0. The summed E-state index contributed by atoms with van der Waals surface area (Å²) in [6.45, 7) is 3.88. The van der Waals surface area contributed by atoms with Crippen molar-refractivity contribution in [3.63, 3.8) is 0 Å². The Hall–Kier alpha value is -1.56. The molecule has 0 bridgehead atoms. The average Bonchev–Trinajstić information content (AvgIpc) is 2.22. The number of hydrogen-bond acceptors (Lipinski definition) is 5.